The first-order valence-corrected chi connectivity index (χ1v) is 7.32. The molecule has 0 unspecified atom stereocenters. The second-order valence-electron chi connectivity index (χ2n) is 6.00. The number of methoxy groups -OCH3 is 1. The summed E-state index contributed by atoms with van der Waals surface area (Å²) in [5.41, 5.74) is 1.34. The predicted molar refractivity (Wildman–Crippen MR) is 77.7 cm³/mol. The molecule has 2 aliphatic heterocycles. The van der Waals surface area contributed by atoms with Crippen molar-refractivity contribution in [1.82, 2.24) is 9.80 Å². The standard InChI is InChI=1S/C15H26N2O3/c1-5-16(3)14(18)20-10-13-6-7-15(11-19-4)8-12(2)9-17(13)15/h13H,2,5-11H2,1,3-4H3/t13-,15-/m0/s1. The van der Waals surface area contributed by atoms with Crippen LogP contribution in [0.25, 0.3) is 0 Å². The minimum absolute atomic E-state index is 0.0829. The van der Waals surface area contributed by atoms with Gasteiger partial charge < -0.3 is 14.4 Å². The summed E-state index contributed by atoms with van der Waals surface area (Å²) in [5, 5.41) is 0. The zero-order valence-electron chi connectivity index (χ0n) is 12.9. The Labute approximate surface area is 121 Å². The van der Waals surface area contributed by atoms with Crippen LogP contribution in [0.3, 0.4) is 0 Å². The van der Waals surface area contributed by atoms with Gasteiger partial charge in [-0.3, -0.25) is 4.90 Å². The Morgan fingerprint density at radius 3 is 3.00 bits per heavy atom. The number of hydrogen-bond donors (Lipinski definition) is 0. The molecule has 2 aliphatic rings. The summed E-state index contributed by atoms with van der Waals surface area (Å²) in [7, 11) is 3.50. The zero-order valence-corrected chi connectivity index (χ0v) is 12.9. The fourth-order valence-corrected chi connectivity index (χ4v) is 3.43. The largest absolute Gasteiger partial charge is 0.448 e. The average Bonchev–Trinajstić information content (AvgIpc) is 2.90. The van der Waals surface area contributed by atoms with Crippen LogP contribution in [0, 0.1) is 0 Å². The maximum absolute atomic E-state index is 11.7. The van der Waals surface area contributed by atoms with E-state index in [1.165, 1.54) is 5.57 Å². The minimum Gasteiger partial charge on any atom is -0.448 e. The summed E-state index contributed by atoms with van der Waals surface area (Å²) in [6, 6.07) is 0.290. The minimum atomic E-state index is -0.241. The molecule has 2 fully saturated rings. The topological polar surface area (TPSA) is 42.0 Å². The van der Waals surface area contributed by atoms with Crippen molar-refractivity contribution in [2.75, 3.05) is 40.5 Å². The van der Waals surface area contributed by atoms with E-state index in [0.717, 1.165) is 32.4 Å². The van der Waals surface area contributed by atoms with E-state index < -0.39 is 0 Å². The SMILES string of the molecule is C=C1CN2[C@H](COC(=O)N(C)CC)CC[C@@]2(COC)C1. The van der Waals surface area contributed by atoms with Crippen LogP contribution in [0.5, 0.6) is 0 Å². The highest BCUT2D eigenvalue weighted by molar-refractivity contribution is 5.67. The number of amides is 1. The number of rotatable bonds is 5. The monoisotopic (exact) mass is 282 g/mol. The zero-order chi connectivity index (χ0) is 14.8. The van der Waals surface area contributed by atoms with Gasteiger partial charge in [0.05, 0.1) is 6.61 Å². The van der Waals surface area contributed by atoms with Gasteiger partial charge in [0.25, 0.3) is 0 Å². The molecule has 20 heavy (non-hydrogen) atoms. The summed E-state index contributed by atoms with van der Waals surface area (Å²) < 4.78 is 10.8. The van der Waals surface area contributed by atoms with Crippen LogP contribution in [0.1, 0.15) is 26.2 Å². The van der Waals surface area contributed by atoms with Gasteiger partial charge >= 0.3 is 6.09 Å². The lowest BCUT2D eigenvalue weighted by atomic mass is 9.94. The molecule has 2 rings (SSSR count). The van der Waals surface area contributed by atoms with Crippen molar-refractivity contribution in [3.63, 3.8) is 0 Å². The Morgan fingerprint density at radius 1 is 1.60 bits per heavy atom. The van der Waals surface area contributed by atoms with Crippen LogP contribution in [0.4, 0.5) is 4.79 Å². The third-order valence-electron chi connectivity index (χ3n) is 4.56. The van der Waals surface area contributed by atoms with Crippen LogP contribution >= 0.6 is 0 Å². The van der Waals surface area contributed by atoms with E-state index in [1.807, 2.05) is 6.92 Å². The van der Waals surface area contributed by atoms with Gasteiger partial charge in [-0.2, -0.15) is 0 Å². The molecule has 2 atom stereocenters. The van der Waals surface area contributed by atoms with Gasteiger partial charge in [0, 0.05) is 38.8 Å². The quantitative estimate of drug-likeness (QED) is 0.722. The molecule has 0 aliphatic carbocycles. The van der Waals surface area contributed by atoms with Crippen molar-refractivity contribution in [3.05, 3.63) is 12.2 Å². The van der Waals surface area contributed by atoms with Gasteiger partial charge in [-0.25, -0.2) is 4.79 Å². The molecular formula is C15H26N2O3. The molecule has 0 spiro atoms. The summed E-state index contributed by atoms with van der Waals surface area (Å²) >= 11 is 0. The van der Waals surface area contributed by atoms with Crippen LogP contribution in [0.15, 0.2) is 12.2 Å². The first kappa shape index (κ1) is 15.3. The molecule has 2 saturated heterocycles. The van der Waals surface area contributed by atoms with E-state index in [0.29, 0.717) is 19.2 Å². The molecule has 0 N–H and O–H groups in total. The Balaban J connectivity index is 1.94. The van der Waals surface area contributed by atoms with Crippen molar-refractivity contribution >= 4 is 6.09 Å². The van der Waals surface area contributed by atoms with E-state index in [-0.39, 0.29) is 11.6 Å². The van der Waals surface area contributed by atoms with Crippen molar-refractivity contribution in [2.45, 2.75) is 37.8 Å². The molecule has 114 valence electrons. The van der Waals surface area contributed by atoms with Crippen LogP contribution in [-0.2, 0) is 9.47 Å². The Kier molecular flexibility index (Phi) is 4.70. The van der Waals surface area contributed by atoms with Crippen LogP contribution in [-0.4, -0.2) is 67.9 Å². The smallest absolute Gasteiger partial charge is 0.409 e. The number of fused-ring (bicyclic) bond motifs is 1. The second kappa shape index (κ2) is 6.14. The average molecular weight is 282 g/mol. The van der Waals surface area contributed by atoms with Gasteiger partial charge in [0.1, 0.15) is 6.61 Å². The molecule has 5 heteroatoms. The molecule has 0 aromatic carbocycles. The predicted octanol–water partition coefficient (Wildman–Crippen LogP) is 1.88. The van der Waals surface area contributed by atoms with Crippen molar-refractivity contribution in [2.24, 2.45) is 0 Å². The summed E-state index contributed by atoms with van der Waals surface area (Å²) in [6.07, 6.45) is 2.90. The third kappa shape index (κ3) is 2.83. The third-order valence-corrected chi connectivity index (χ3v) is 4.56. The Bertz CT molecular complexity index is 385. The number of carbonyl (C=O) groups is 1. The number of carbonyl (C=O) groups excluding carboxylic acids is 1. The van der Waals surface area contributed by atoms with E-state index >= 15 is 0 Å². The normalized spacial score (nSPS) is 29.6. The van der Waals surface area contributed by atoms with Crippen molar-refractivity contribution in [1.29, 1.82) is 0 Å². The molecule has 0 saturated carbocycles. The highest BCUT2D eigenvalue weighted by Gasteiger charge is 2.50. The van der Waals surface area contributed by atoms with Crippen molar-refractivity contribution in [3.8, 4) is 0 Å². The summed E-state index contributed by atoms with van der Waals surface area (Å²) in [4.78, 5) is 15.7. The molecule has 2 heterocycles. The Morgan fingerprint density at radius 2 is 2.35 bits per heavy atom. The molecule has 0 radical (unpaired) electrons. The first-order valence-electron chi connectivity index (χ1n) is 7.32. The van der Waals surface area contributed by atoms with Gasteiger partial charge in [-0.1, -0.05) is 12.2 Å². The first-order chi connectivity index (χ1) is 9.52. The highest BCUT2D eigenvalue weighted by Crippen LogP contribution is 2.44. The molecule has 0 aromatic heterocycles. The molecule has 0 aromatic rings. The van der Waals surface area contributed by atoms with Gasteiger partial charge in [-0.05, 0) is 26.2 Å². The van der Waals surface area contributed by atoms with E-state index in [2.05, 4.69) is 11.5 Å². The lowest BCUT2D eigenvalue weighted by Gasteiger charge is -2.33. The number of ether oxygens (including phenoxy) is 2. The van der Waals surface area contributed by atoms with E-state index in [4.69, 9.17) is 9.47 Å². The maximum atomic E-state index is 11.7. The lowest BCUT2D eigenvalue weighted by molar-refractivity contribution is 0.0285. The van der Waals surface area contributed by atoms with Crippen LogP contribution in [0.2, 0.25) is 0 Å². The van der Waals surface area contributed by atoms with E-state index in [1.54, 1.807) is 19.1 Å². The second-order valence-corrected chi connectivity index (χ2v) is 6.00. The molecular weight excluding hydrogens is 256 g/mol. The summed E-state index contributed by atoms with van der Waals surface area (Å²) in [6.45, 7) is 8.81. The maximum Gasteiger partial charge on any atom is 0.409 e. The van der Waals surface area contributed by atoms with Gasteiger partial charge in [-0.15, -0.1) is 0 Å². The fourth-order valence-electron chi connectivity index (χ4n) is 3.43. The van der Waals surface area contributed by atoms with Gasteiger partial charge in [0.2, 0.25) is 0 Å². The van der Waals surface area contributed by atoms with Crippen LogP contribution < -0.4 is 0 Å². The lowest BCUT2D eigenvalue weighted by Crippen LogP contribution is -2.47. The molecule has 0 bridgehead atoms. The van der Waals surface area contributed by atoms with Gasteiger partial charge in [0.15, 0.2) is 0 Å². The summed E-state index contributed by atoms with van der Waals surface area (Å²) in [5.74, 6) is 0. The Hall–Kier alpha value is -1.07. The molecule has 1 amide bonds. The fraction of sp³-hybridized carbons (Fsp3) is 0.800. The number of hydrogen-bond acceptors (Lipinski definition) is 4. The molecule has 5 nitrogen and oxygen atoms in total. The van der Waals surface area contributed by atoms with E-state index in [9.17, 15) is 4.79 Å². The van der Waals surface area contributed by atoms with Crippen molar-refractivity contribution < 1.29 is 14.3 Å². The highest BCUT2D eigenvalue weighted by atomic mass is 16.6. The number of nitrogens with zero attached hydrogens (tertiary/aromatic N) is 2.